The molecule has 0 radical (unpaired) electrons. The number of halogens is 2. The lowest BCUT2D eigenvalue weighted by Gasteiger charge is -2.23. The third-order valence-corrected chi connectivity index (χ3v) is 9.55. The van der Waals surface area contributed by atoms with Crippen molar-refractivity contribution in [2.75, 3.05) is 14.2 Å². The Kier molecular flexibility index (Phi) is 9.80. The van der Waals surface area contributed by atoms with Crippen molar-refractivity contribution in [1.82, 2.24) is 0 Å². The molecular formula is C32H28Cl2O8S. The van der Waals surface area contributed by atoms with Crippen molar-refractivity contribution in [3.8, 4) is 34.5 Å². The van der Waals surface area contributed by atoms with Crippen molar-refractivity contribution in [2.45, 2.75) is 10.5 Å². The van der Waals surface area contributed by atoms with Gasteiger partial charge in [-0.1, -0.05) is 71.8 Å². The van der Waals surface area contributed by atoms with E-state index in [2.05, 4.69) is 0 Å². The third-order valence-electron chi connectivity index (χ3n) is 6.66. The largest absolute Gasteiger partial charge is 0.504 e. The first kappa shape index (κ1) is 31.6. The molecule has 0 heterocycles. The molecule has 0 saturated heterocycles. The fraction of sp³-hybridized carbons (Fsp3) is 0.125. The minimum atomic E-state index is -4.28. The highest BCUT2D eigenvalue weighted by Crippen LogP contribution is 2.43. The second-order valence-electron chi connectivity index (χ2n) is 9.42. The molecule has 4 rings (SSSR count). The number of aromatic hydroxyl groups is 4. The molecule has 0 aliphatic carbocycles. The molecule has 43 heavy (non-hydrogen) atoms. The monoisotopic (exact) mass is 642 g/mol. The molecular weight excluding hydrogens is 615 g/mol. The quantitative estimate of drug-likeness (QED) is 0.131. The zero-order chi connectivity index (χ0) is 31.3. The molecule has 224 valence electrons. The Hall–Kier alpha value is -4.31. The summed E-state index contributed by atoms with van der Waals surface area (Å²) in [5.41, 5.74) is 1.36. The van der Waals surface area contributed by atoms with Crippen LogP contribution in [0, 0.1) is 0 Å². The first-order chi connectivity index (χ1) is 20.4. The minimum absolute atomic E-state index is 0.137. The summed E-state index contributed by atoms with van der Waals surface area (Å²) in [5.74, 6) is -0.518. The van der Waals surface area contributed by atoms with Gasteiger partial charge in [0.15, 0.2) is 32.8 Å². The van der Waals surface area contributed by atoms with E-state index >= 15 is 0 Å². The van der Waals surface area contributed by atoms with Gasteiger partial charge in [-0.3, -0.25) is 0 Å². The second-order valence-corrected chi connectivity index (χ2v) is 12.4. The summed E-state index contributed by atoms with van der Waals surface area (Å²) < 4.78 is 39.8. The zero-order valence-corrected chi connectivity index (χ0v) is 25.3. The molecule has 0 spiro atoms. The lowest BCUT2D eigenvalue weighted by Crippen LogP contribution is -2.19. The maximum absolute atomic E-state index is 14.7. The molecule has 0 aliphatic rings. The Morgan fingerprint density at radius 1 is 0.605 bits per heavy atom. The second kappa shape index (κ2) is 13.3. The van der Waals surface area contributed by atoms with E-state index in [-0.39, 0.29) is 44.2 Å². The number of methoxy groups -OCH3 is 2. The topological polar surface area (TPSA) is 134 Å². The Morgan fingerprint density at radius 2 is 1.00 bits per heavy atom. The van der Waals surface area contributed by atoms with Gasteiger partial charge in [-0.2, -0.15) is 0 Å². The van der Waals surface area contributed by atoms with Gasteiger partial charge < -0.3 is 29.9 Å². The molecule has 8 nitrogen and oxygen atoms in total. The highest BCUT2D eigenvalue weighted by molar-refractivity contribution is 7.92. The van der Waals surface area contributed by atoms with E-state index in [9.17, 15) is 28.8 Å². The van der Waals surface area contributed by atoms with Crippen molar-refractivity contribution in [1.29, 1.82) is 0 Å². The molecule has 0 saturated carbocycles. The van der Waals surface area contributed by atoms with E-state index in [0.717, 1.165) is 0 Å². The number of phenolic OH excluding ortho intramolecular Hbond substituents is 4. The molecule has 2 unspecified atom stereocenters. The first-order valence-electron chi connectivity index (χ1n) is 12.7. The number of benzene rings is 4. The van der Waals surface area contributed by atoms with Gasteiger partial charge in [0.1, 0.15) is 22.0 Å². The van der Waals surface area contributed by atoms with E-state index in [4.69, 9.17) is 32.7 Å². The minimum Gasteiger partial charge on any atom is -0.504 e. The smallest absolute Gasteiger partial charge is 0.171 e. The fourth-order valence-electron chi connectivity index (χ4n) is 4.35. The number of hydrogen-bond donors (Lipinski definition) is 4. The molecule has 0 aromatic heterocycles. The third kappa shape index (κ3) is 7.19. The van der Waals surface area contributed by atoms with Crippen molar-refractivity contribution < 1.29 is 38.3 Å². The van der Waals surface area contributed by atoms with Crippen LogP contribution < -0.4 is 9.47 Å². The average Bonchev–Trinajstić information content (AvgIpc) is 2.97. The predicted molar refractivity (Wildman–Crippen MR) is 168 cm³/mol. The van der Waals surface area contributed by atoms with Crippen LogP contribution in [-0.2, 0) is 9.84 Å². The van der Waals surface area contributed by atoms with E-state index in [1.54, 1.807) is 24.3 Å². The van der Waals surface area contributed by atoms with Crippen LogP contribution in [0.3, 0.4) is 0 Å². The Bertz CT molecular complexity index is 1680. The lowest BCUT2D eigenvalue weighted by atomic mass is 10.1. The first-order valence-corrected chi connectivity index (χ1v) is 15.1. The van der Waals surface area contributed by atoms with Crippen LogP contribution >= 0.6 is 23.2 Å². The van der Waals surface area contributed by atoms with Gasteiger partial charge in [0.25, 0.3) is 0 Å². The van der Waals surface area contributed by atoms with Gasteiger partial charge in [-0.05, 0) is 70.8 Å². The molecule has 0 aliphatic heterocycles. The van der Waals surface area contributed by atoms with Crippen LogP contribution in [0.5, 0.6) is 34.5 Å². The number of sulfone groups is 1. The highest BCUT2D eigenvalue weighted by atomic mass is 35.5. The van der Waals surface area contributed by atoms with Crippen molar-refractivity contribution in [2.24, 2.45) is 0 Å². The van der Waals surface area contributed by atoms with Gasteiger partial charge in [0.05, 0.1) is 14.2 Å². The van der Waals surface area contributed by atoms with E-state index < -0.39 is 20.3 Å². The Balaban J connectivity index is 1.91. The van der Waals surface area contributed by atoms with Crippen LogP contribution in [0.2, 0.25) is 10.0 Å². The number of ether oxygens (including phenoxy) is 2. The van der Waals surface area contributed by atoms with Crippen LogP contribution in [0.4, 0.5) is 0 Å². The summed E-state index contributed by atoms with van der Waals surface area (Å²) in [7, 11) is -1.35. The van der Waals surface area contributed by atoms with E-state index in [0.29, 0.717) is 22.6 Å². The SMILES string of the molecule is COc1ccc(C(/C=C\c2ccc(O)c(O)c2)S(=O)(=O)C(/C=C\c2ccc(O)c(O)c2)c2ccc(OC)cc2Cl)c(Cl)c1. The maximum atomic E-state index is 14.7. The number of phenols is 4. The lowest BCUT2D eigenvalue weighted by molar-refractivity contribution is 0.403. The van der Waals surface area contributed by atoms with Crippen LogP contribution in [0.1, 0.15) is 32.8 Å². The molecule has 2 atom stereocenters. The number of rotatable bonds is 10. The van der Waals surface area contributed by atoms with Crippen molar-refractivity contribution in [3.63, 3.8) is 0 Å². The Morgan fingerprint density at radius 3 is 1.33 bits per heavy atom. The molecule has 4 aromatic carbocycles. The van der Waals surface area contributed by atoms with Gasteiger partial charge in [0.2, 0.25) is 0 Å². The predicted octanol–water partition coefficient (Wildman–Crippen LogP) is 7.46. The average molecular weight is 644 g/mol. The summed E-state index contributed by atoms with van der Waals surface area (Å²) in [5, 5.41) is 36.9. The zero-order valence-electron chi connectivity index (χ0n) is 23.0. The van der Waals surface area contributed by atoms with E-state index in [1.807, 2.05) is 0 Å². The standard InChI is InChI=1S/C32H28Cl2O8S/c1-41-21-7-9-23(25(33)17-21)31(13-5-19-3-11-27(35)29(37)15-19)43(39,40)32(24-10-8-22(42-2)18-26(24)34)14-6-20-4-12-28(36)30(38)16-20/h3-18,31-32,35-38H,1-2H3/b13-5-,14-6-. The molecule has 0 amide bonds. The molecule has 4 aromatic rings. The van der Waals surface area contributed by atoms with Crippen molar-refractivity contribution in [3.05, 3.63) is 117 Å². The van der Waals surface area contributed by atoms with Crippen LogP contribution in [-0.4, -0.2) is 43.1 Å². The number of hydrogen-bond acceptors (Lipinski definition) is 8. The fourth-order valence-corrected chi connectivity index (χ4v) is 7.09. The highest BCUT2D eigenvalue weighted by Gasteiger charge is 2.36. The van der Waals surface area contributed by atoms with E-state index in [1.165, 1.54) is 87.1 Å². The maximum Gasteiger partial charge on any atom is 0.171 e. The normalized spacial score (nSPS) is 13.3. The molecule has 11 heteroatoms. The molecule has 4 N–H and O–H groups in total. The van der Waals surface area contributed by atoms with Gasteiger partial charge in [0, 0.05) is 10.0 Å². The van der Waals surface area contributed by atoms with Crippen molar-refractivity contribution >= 4 is 45.2 Å². The summed E-state index contributed by atoms with van der Waals surface area (Å²) in [6.45, 7) is 0. The van der Waals surface area contributed by atoms with Gasteiger partial charge >= 0.3 is 0 Å². The molecule has 0 fully saturated rings. The molecule has 0 bridgehead atoms. The van der Waals surface area contributed by atoms with Gasteiger partial charge in [-0.15, -0.1) is 0 Å². The summed E-state index contributed by atoms with van der Waals surface area (Å²) in [4.78, 5) is 0. The summed E-state index contributed by atoms with van der Waals surface area (Å²) >= 11 is 13.2. The summed E-state index contributed by atoms with van der Waals surface area (Å²) in [6, 6.07) is 17.5. The van der Waals surface area contributed by atoms with Gasteiger partial charge in [-0.25, -0.2) is 8.42 Å². The van der Waals surface area contributed by atoms with Crippen LogP contribution in [0.15, 0.2) is 84.9 Å². The summed E-state index contributed by atoms with van der Waals surface area (Å²) in [6.07, 6.45) is 5.85. The Labute approximate surface area is 259 Å². The van der Waals surface area contributed by atoms with Crippen LogP contribution in [0.25, 0.3) is 12.2 Å².